The smallest absolute Gasteiger partial charge is 0.282 e. The predicted octanol–water partition coefficient (Wildman–Crippen LogP) is 2.49. The fourth-order valence-corrected chi connectivity index (χ4v) is 6.92. The van der Waals surface area contributed by atoms with Gasteiger partial charge in [0.1, 0.15) is 11.5 Å². The van der Waals surface area contributed by atoms with E-state index in [1.165, 1.54) is 0 Å². The van der Waals surface area contributed by atoms with Crippen LogP contribution in [-0.4, -0.2) is 77.7 Å². The van der Waals surface area contributed by atoms with Gasteiger partial charge in [-0.1, -0.05) is 5.16 Å². The molecule has 0 spiro atoms. The summed E-state index contributed by atoms with van der Waals surface area (Å²) in [4.78, 5) is 14.8. The third kappa shape index (κ3) is 4.35. The summed E-state index contributed by atoms with van der Waals surface area (Å²) in [6.45, 7) is 7.71. The summed E-state index contributed by atoms with van der Waals surface area (Å²) in [5.41, 5.74) is 0.417. The van der Waals surface area contributed by atoms with E-state index in [2.05, 4.69) is 17.0 Å². The number of hydrogen-bond acceptors (Lipinski definition) is 6. The van der Waals surface area contributed by atoms with E-state index in [-0.39, 0.29) is 29.8 Å². The van der Waals surface area contributed by atoms with Crippen molar-refractivity contribution in [3.63, 3.8) is 0 Å². The van der Waals surface area contributed by atoms with Crippen molar-refractivity contribution in [2.24, 2.45) is 5.92 Å². The lowest BCUT2D eigenvalue weighted by atomic mass is 9.88. The Kier molecular flexibility index (Phi) is 6.09. The van der Waals surface area contributed by atoms with Gasteiger partial charge in [-0.15, -0.1) is 0 Å². The van der Waals surface area contributed by atoms with Crippen LogP contribution in [0.4, 0.5) is 0 Å². The van der Waals surface area contributed by atoms with E-state index in [0.717, 1.165) is 25.1 Å². The Morgan fingerprint density at radius 1 is 1.10 bits per heavy atom. The molecule has 168 valence electrons. The van der Waals surface area contributed by atoms with Crippen molar-refractivity contribution in [1.82, 2.24) is 18.7 Å². The van der Waals surface area contributed by atoms with E-state index in [1.54, 1.807) is 14.7 Å². The third-order valence-corrected chi connectivity index (χ3v) is 9.26. The summed E-state index contributed by atoms with van der Waals surface area (Å²) in [5, 5.41) is 3.96. The molecule has 4 rings (SSSR count). The van der Waals surface area contributed by atoms with Gasteiger partial charge in [0.25, 0.3) is 10.2 Å². The SMILES string of the molecule is C[C@@H]1CN(S(=O)(=O)N2CC[C@H](CC(=O)c3cc(C4CC4)on3)C[C@@H]2C)[C@@H](C)CN1C. The summed E-state index contributed by atoms with van der Waals surface area (Å²) < 4.78 is 35.4. The zero-order chi connectivity index (χ0) is 21.6. The highest BCUT2D eigenvalue weighted by molar-refractivity contribution is 7.86. The molecule has 0 amide bonds. The maximum Gasteiger partial charge on any atom is 0.282 e. The van der Waals surface area contributed by atoms with E-state index in [4.69, 9.17) is 4.52 Å². The van der Waals surface area contributed by atoms with Gasteiger partial charge in [-0.05, 0) is 59.4 Å². The number of carbonyl (C=O) groups excluding carboxylic acids is 1. The molecule has 1 aromatic heterocycles. The summed E-state index contributed by atoms with van der Waals surface area (Å²) >= 11 is 0. The second-order valence-electron chi connectivity index (χ2n) is 9.58. The first-order valence-corrected chi connectivity index (χ1v) is 12.5. The lowest BCUT2D eigenvalue weighted by Crippen LogP contribution is -2.61. The average Bonchev–Trinajstić information content (AvgIpc) is 3.41. The number of piperazine rings is 1. The van der Waals surface area contributed by atoms with Crippen LogP contribution in [0.1, 0.15) is 75.0 Å². The van der Waals surface area contributed by atoms with E-state index in [9.17, 15) is 13.2 Å². The lowest BCUT2D eigenvalue weighted by Gasteiger charge is -2.45. The van der Waals surface area contributed by atoms with Crippen LogP contribution in [0, 0.1) is 5.92 Å². The normalized spacial score (nSPS) is 32.4. The molecule has 0 bridgehead atoms. The number of aromatic nitrogens is 1. The first-order chi connectivity index (χ1) is 14.2. The molecule has 9 heteroatoms. The molecule has 4 atom stereocenters. The van der Waals surface area contributed by atoms with Gasteiger partial charge < -0.3 is 9.42 Å². The summed E-state index contributed by atoms with van der Waals surface area (Å²) in [7, 11) is -1.47. The fourth-order valence-electron chi connectivity index (χ4n) is 4.85. The second kappa shape index (κ2) is 8.33. The maximum atomic E-state index is 13.4. The van der Waals surface area contributed by atoms with Gasteiger partial charge in [-0.3, -0.25) is 4.79 Å². The standard InChI is InChI=1S/C21H34N4O4S/c1-14-9-17(10-20(26)19-11-21(29-22-19)18-5-6-18)7-8-24(14)30(27,28)25-13-15(2)23(4)12-16(25)3/h11,14-18H,5-10,12-13H2,1-4H3/t14-,15+,16-,17-/m0/s1. The summed E-state index contributed by atoms with van der Waals surface area (Å²) in [5.74, 6) is 1.43. The zero-order valence-electron chi connectivity index (χ0n) is 18.5. The van der Waals surface area contributed by atoms with Crippen LogP contribution in [0.15, 0.2) is 10.6 Å². The number of Topliss-reactive ketones (excluding diaryl/α,β-unsaturated/α-hetero) is 1. The number of likely N-dealkylation sites (N-methyl/N-ethyl adjacent to an activating group) is 1. The molecule has 1 aromatic rings. The number of rotatable bonds is 6. The van der Waals surface area contributed by atoms with Crippen LogP contribution >= 0.6 is 0 Å². The highest BCUT2D eigenvalue weighted by Crippen LogP contribution is 2.40. The number of carbonyl (C=O) groups is 1. The fraction of sp³-hybridized carbons (Fsp3) is 0.810. The minimum atomic E-state index is -3.52. The van der Waals surface area contributed by atoms with E-state index < -0.39 is 10.2 Å². The highest BCUT2D eigenvalue weighted by Gasteiger charge is 2.42. The molecule has 3 aliphatic rings. The average molecular weight is 439 g/mol. The molecule has 1 aliphatic carbocycles. The monoisotopic (exact) mass is 438 g/mol. The second-order valence-corrected chi connectivity index (χ2v) is 11.4. The molecule has 0 unspecified atom stereocenters. The predicted molar refractivity (Wildman–Crippen MR) is 113 cm³/mol. The topological polar surface area (TPSA) is 87.0 Å². The van der Waals surface area contributed by atoms with Gasteiger partial charge in [-0.2, -0.15) is 17.0 Å². The van der Waals surface area contributed by atoms with Crippen molar-refractivity contribution < 1.29 is 17.7 Å². The van der Waals surface area contributed by atoms with Crippen molar-refractivity contribution in [3.8, 4) is 0 Å². The minimum Gasteiger partial charge on any atom is -0.360 e. The maximum absolute atomic E-state index is 13.4. The van der Waals surface area contributed by atoms with Crippen molar-refractivity contribution in [2.75, 3.05) is 26.7 Å². The molecule has 3 fully saturated rings. The molecule has 0 aromatic carbocycles. The molecule has 8 nitrogen and oxygen atoms in total. The Morgan fingerprint density at radius 2 is 1.83 bits per heavy atom. The minimum absolute atomic E-state index is 0.000622. The van der Waals surface area contributed by atoms with Crippen molar-refractivity contribution >= 4 is 16.0 Å². The third-order valence-electron chi connectivity index (χ3n) is 7.02. The van der Waals surface area contributed by atoms with E-state index in [0.29, 0.717) is 44.0 Å². The Morgan fingerprint density at radius 3 is 2.50 bits per heavy atom. The first-order valence-electron chi connectivity index (χ1n) is 11.2. The van der Waals surface area contributed by atoms with Gasteiger partial charge in [0.05, 0.1) is 0 Å². The molecule has 2 saturated heterocycles. The van der Waals surface area contributed by atoms with Crippen LogP contribution in [-0.2, 0) is 10.2 Å². The van der Waals surface area contributed by atoms with Crippen LogP contribution < -0.4 is 0 Å². The van der Waals surface area contributed by atoms with Crippen molar-refractivity contribution in [1.29, 1.82) is 0 Å². The Balaban J connectivity index is 1.36. The zero-order valence-corrected chi connectivity index (χ0v) is 19.3. The number of nitrogens with zero attached hydrogens (tertiary/aromatic N) is 4. The molecule has 1 saturated carbocycles. The van der Waals surface area contributed by atoms with Crippen molar-refractivity contribution in [2.45, 2.75) is 76.9 Å². The quantitative estimate of drug-likeness (QED) is 0.634. The lowest BCUT2D eigenvalue weighted by molar-refractivity contribution is 0.0904. The Bertz CT molecular complexity index is 881. The molecule has 0 N–H and O–H groups in total. The molecular weight excluding hydrogens is 404 g/mol. The first kappa shape index (κ1) is 21.9. The number of hydrogen-bond donors (Lipinski definition) is 0. The number of piperidine rings is 1. The van der Waals surface area contributed by atoms with Crippen LogP contribution in [0.3, 0.4) is 0 Å². The molecule has 30 heavy (non-hydrogen) atoms. The Labute approximate surface area is 179 Å². The molecule has 2 aliphatic heterocycles. The Hall–Kier alpha value is -1.29. The summed E-state index contributed by atoms with van der Waals surface area (Å²) in [6, 6.07) is 1.82. The van der Waals surface area contributed by atoms with Gasteiger partial charge in [-0.25, -0.2) is 0 Å². The largest absolute Gasteiger partial charge is 0.360 e. The van der Waals surface area contributed by atoms with E-state index >= 15 is 0 Å². The molecular formula is C21H34N4O4S. The van der Waals surface area contributed by atoms with Crippen molar-refractivity contribution in [3.05, 3.63) is 17.5 Å². The molecule has 3 heterocycles. The van der Waals surface area contributed by atoms with Crippen LogP contribution in [0.2, 0.25) is 0 Å². The van der Waals surface area contributed by atoms with E-state index in [1.807, 2.05) is 20.9 Å². The van der Waals surface area contributed by atoms with Gasteiger partial charge >= 0.3 is 0 Å². The summed E-state index contributed by atoms with van der Waals surface area (Å²) in [6.07, 6.45) is 4.00. The van der Waals surface area contributed by atoms with Gasteiger partial charge in [0.2, 0.25) is 0 Å². The number of ketones is 1. The highest BCUT2D eigenvalue weighted by atomic mass is 32.2. The van der Waals surface area contributed by atoms with Crippen LogP contribution in [0.25, 0.3) is 0 Å². The van der Waals surface area contributed by atoms with Crippen LogP contribution in [0.5, 0.6) is 0 Å². The van der Waals surface area contributed by atoms with Gasteiger partial charge in [0, 0.05) is 56.2 Å². The van der Waals surface area contributed by atoms with Gasteiger partial charge in [0.15, 0.2) is 5.78 Å². The molecule has 0 radical (unpaired) electrons.